The number of benzene rings is 1. The number of nitrogens with zero attached hydrogens (tertiary/aromatic N) is 4. The van der Waals surface area contributed by atoms with Crippen LogP contribution >= 0.6 is 0 Å². The van der Waals surface area contributed by atoms with Crippen molar-refractivity contribution >= 4 is 15.8 Å². The van der Waals surface area contributed by atoms with Crippen LogP contribution in [0.2, 0.25) is 0 Å². The zero-order valence-electron chi connectivity index (χ0n) is 15.0. The van der Waals surface area contributed by atoms with Crippen molar-refractivity contribution < 1.29 is 13.2 Å². The van der Waals surface area contributed by atoms with E-state index < -0.39 is 10.0 Å². The molecule has 0 saturated carbocycles. The van der Waals surface area contributed by atoms with E-state index in [0.29, 0.717) is 23.9 Å². The second kappa shape index (κ2) is 8.14. The van der Waals surface area contributed by atoms with Gasteiger partial charge in [0.05, 0.1) is 12.0 Å². The number of anilines is 1. The Hall–Kier alpha value is -2.98. The lowest BCUT2D eigenvalue weighted by Crippen LogP contribution is -2.29. The smallest absolute Gasteiger partial charge is 0.240 e. The number of aryl methyl sites for hydroxylation is 1. The molecule has 0 aliphatic carbocycles. The number of methoxy groups -OCH3 is 1. The lowest BCUT2D eigenvalue weighted by atomic mass is 10.2. The minimum atomic E-state index is -3.60. The zero-order chi connectivity index (χ0) is 19.3. The molecule has 0 unspecified atom stereocenters. The quantitative estimate of drug-likeness (QED) is 0.561. The summed E-state index contributed by atoms with van der Waals surface area (Å²) in [6, 6.07) is 8.26. The van der Waals surface area contributed by atoms with E-state index in [1.54, 1.807) is 55.4 Å². The van der Waals surface area contributed by atoms with Crippen molar-refractivity contribution in [2.24, 2.45) is 0 Å². The highest BCUT2D eigenvalue weighted by Crippen LogP contribution is 2.21. The number of ether oxygens (including phenoxy) is 1. The molecule has 0 spiro atoms. The minimum Gasteiger partial charge on any atom is -0.496 e. The molecule has 1 aromatic carbocycles. The molecular weight excluding hydrogens is 368 g/mol. The van der Waals surface area contributed by atoms with Crippen LogP contribution in [0.25, 0.3) is 5.82 Å². The fraction of sp³-hybridized carbons (Fsp3) is 0.235. The van der Waals surface area contributed by atoms with E-state index in [0.717, 1.165) is 5.56 Å². The van der Waals surface area contributed by atoms with E-state index in [1.807, 2.05) is 0 Å². The normalized spacial score (nSPS) is 11.3. The Morgan fingerprint density at radius 1 is 1.19 bits per heavy atom. The van der Waals surface area contributed by atoms with Gasteiger partial charge >= 0.3 is 0 Å². The number of rotatable bonds is 8. The van der Waals surface area contributed by atoms with Crippen LogP contribution < -0.4 is 14.8 Å². The maximum Gasteiger partial charge on any atom is 0.240 e. The van der Waals surface area contributed by atoms with Crippen LogP contribution in [0.1, 0.15) is 5.56 Å². The van der Waals surface area contributed by atoms with E-state index in [1.165, 1.54) is 12.4 Å². The van der Waals surface area contributed by atoms with Crippen molar-refractivity contribution in [1.29, 1.82) is 0 Å². The SMILES string of the molecule is COc1ccc(S(=O)(=O)NCCNc2cc(-n3cccn3)ncn2)cc1C. The lowest BCUT2D eigenvalue weighted by Gasteiger charge is -2.10. The second-order valence-electron chi connectivity index (χ2n) is 5.67. The Kier molecular flexibility index (Phi) is 5.67. The van der Waals surface area contributed by atoms with Crippen molar-refractivity contribution in [3.05, 3.63) is 54.6 Å². The molecule has 0 fully saturated rings. The molecule has 0 saturated heterocycles. The van der Waals surface area contributed by atoms with Crippen molar-refractivity contribution in [3.63, 3.8) is 0 Å². The average molecular weight is 388 g/mol. The molecule has 0 radical (unpaired) electrons. The summed E-state index contributed by atoms with van der Waals surface area (Å²) in [7, 11) is -2.05. The molecular formula is C17H20N6O3S. The first kappa shape index (κ1) is 18.8. The van der Waals surface area contributed by atoms with Gasteiger partial charge in [0.15, 0.2) is 5.82 Å². The van der Waals surface area contributed by atoms with Crippen LogP contribution in [0.4, 0.5) is 5.82 Å². The van der Waals surface area contributed by atoms with E-state index in [9.17, 15) is 8.42 Å². The monoisotopic (exact) mass is 388 g/mol. The van der Waals surface area contributed by atoms with Gasteiger partial charge in [0.25, 0.3) is 0 Å². The molecule has 0 bridgehead atoms. The highest BCUT2D eigenvalue weighted by Gasteiger charge is 2.14. The highest BCUT2D eigenvalue weighted by molar-refractivity contribution is 7.89. The first-order valence-electron chi connectivity index (χ1n) is 8.20. The van der Waals surface area contributed by atoms with Crippen molar-refractivity contribution in [3.8, 4) is 11.6 Å². The lowest BCUT2D eigenvalue weighted by molar-refractivity contribution is 0.411. The molecule has 2 aromatic heterocycles. The van der Waals surface area contributed by atoms with Gasteiger partial charge in [0.1, 0.15) is 17.9 Å². The minimum absolute atomic E-state index is 0.198. The van der Waals surface area contributed by atoms with Gasteiger partial charge in [-0.3, -0.25) is 0 Å². The molecule has 142 valence electrons. The summed E-state index contributed by atoms with van der Waals surface area (Å²) in [5, 5.41) is 7.17. The predicted octanol–water partition coefficient (Wildman–Crippen LogP) is 1.37. The Balaban J connectivity index is 1.57. The molecule has 0 aliphatic rings. The third kappa shape index (κ3) is 4.60. The Morgan fingerprint density at radius 3 is 2.74 bits per heavy atom. The van der Waals surface area contributed by atoms with Gasteiger partial charge in [-0.05, 0) is 36.8 Å². The topological polar surface area (TPSA) is 111 Å². The van der Waals surface area contributed by atoms with Crippen LogP contribution in [-0.2, 0) is 10.0 Å². The molecule has 9 nitrogen and oxygen atoms in total. The van der Waals surface area contributed by atoms with E-state index in [-0.39, 0.29) is 11.4 Å². The third-order valence-corrected chi connectivity index (χ3v) is 5.25. The van der Waals surface area contributed by atoms with Crippen LogP contribution in [-0.4, -0.2) is 48.4 Å². The number of hydrogen-bond acceptors (Lipinski definition) is 7. The standard InChI is InChI=1S/C17H20N6O3S/c1-13-10-14(4-5-15(13)26-2)27(24,25)22-8-7-18-16-11-17(20-12-19-16)23-9-3-6-21-23/h3-6,9-12,22H,7-8H2,1-2H3,(H,18,19,20). The van der Waals surface area contributed by atoms with Gasteiger partial charge in [-0.15, -0.1) is 0 Å². The summed E-state index contributed by atoms with van der Waals surface area (Å²) < 4.78 is 34.1. The third-order valence-electron chi connectivity index (χ3n) is 3.79. The zero-order valence-corrected chi connectivity index (χ0v) is 15.8. The van der Waals surface area contributed by atoms with Gasteiger partial charge in [0.2, 0.25) is 10.0 Å². The molecule has 0 aliphatic heterocycles. The van der Waals surface area contributed by atoms with E-state index in [2.05, 4.69) is 25.1 Å². The van der Waals surface area contributed by atoms with E-state index in [4.69, 9.17) is 4.74 Å². The summed E-state index contributed by atoms with van der Waals surface area (Å²) in [5.41, 5.74) is 0.755. The van der Waals surface area contributed by atoms with Crippen LogP contribution in [0, 0.1) is 6.92 Å². The van der Waals surface area contributed by atoms with Crippen LogP contribution in [0.3, 0.4) is 0 Å². The Bertz CT molecular complexity index is 1010. The predicted molar refractivity (Wildman–Crippen MR) is 101 cm³/mol. The fourth-order valence-electron chi connectivity index (χ4n) is 2.45. The van der Waals surface area contributed by atoms with Gasteiger partial charge in [-0.2, -0.15) is 5.10 Å². The van der Waals surface area contributed by atoms with Crippen LogP contribution in [0.5, 0.6) is 5.75 Å². The average Bonchev–Trinajstić information content (AvgIpc) is 3.20. The second-order valence-corrected chi connectivity index (χ2v) is 7.44. The number of nitrogens with one attached hydrogen (secondary N) is 2. The highest BCUT2D eigenvalue weighted by atomic mass is 32.2. The van der Waals surface area contributed by atoms with Crippen LogP contribution in [0.15, 0.2) is 53.9 Å². The van der Waals surface area contributed by atoms with Crippen molar-refractivity contribution in [2.75, 3.05) is 25.5 Å². The number of aromatic nitrogens is 4. The summed E-state index contributed by atoms with van der Waals surface area (Å²) in [6.45, 7) is 2.37. The number of hydrogen-bond donors (Lipinski definition) is 2. The number of sulfonamides is 1. The van der Waals surface area contributed by atoms with Crippen molar-refractivity contribution in [1.82, 2.24) is 24.5 Å². The molecule has 0 amide bonds. The Morgan fingerprint density at radius 2 is 2.04 bits per heavy atom. The summed E-state index contributed by atoms with van der Waals surface area (Å²) in [4.78, 5) is 8.45. The Labute approximate surface area is 157 Å². The molecule has 0 atom stereocenters. The largest absolute Gasteiger partial charge is 0.496 e. The molecule has 27 heavy (non-hydrogen) atoms. The molecule has 3 rings (SSSR count). The van der Waals surface area contributed by atoms with Crippen molar-refractivity contribution in [2.45, 2.75) is 11.8 Å². The summed E-state index contributed by atoms with van der Waals surface area (Å²) >= 11 is 0. The maximum atomic E-state index is 12.4. The first-order chi connectivity index (χ1) is 13.0. The molecule has 2 heterocycles. The van der Waals surface area contributed by atoms with E-state index >= 15 is 0 Å². The molecule has 2 N–H and O–H groups in total. The first-order valence-corrected chi connectivity index (χ1v) is 9.68. The fourth-order valence-corrected chi connectivity index (χ4v) is 3.57. The van der Waals surface area contributed by atoms with Gasteiger partial charge in [-0.1, -0.05) is 0 Å². The van der Waals surface area contributed by atoms with Gasteiger partial charge < -0.3 is 10.1 Å². The van der Waals surface area contributed by atoms with Gasteiger partial charge in [0, 0.05) is 31.5 Å². The summed E-state index contributed by atoms with van der Waals surface area (Å²) in [5.74, 6) is 1.84. The molecule has 3 aromatic rings. The maximum absolute atomic E-state index is 12.4. The summed E-state index contributed by atoms with van der Waals surface area (Å²) in [6.07, 6.45) is 4.85. The van der Waals surface area contributed by atoms with Gasteiger partial charge in [-0.25, -0.2) is 27.8 Å². The molecule has 10 heteroatoms.